The molecule has 0 bridgehead atoms. The molecule has 3 aliphatic carbocycles. The summed E-state index contributed by atoms with van der Waals surface area (Å²) in [4.78, 5) is 15.4. The number of likely N-dealkylation sites (tertiary alicyclic amines) is 1. The molecule has 4 rings (SSSR count). The van der Waals surface area contributed by atoms with Crippen LogP contribution in [0.1, 0.15) is 66.2 Å². The van der Waals surface area contributed by atoms with E-state index in [2.05, 4.69) is 32.6 Å². The van der Waals surface area contributed by atoms with Crippen LogP contribution in [0, 0.1) is 47.3 Å². The largest absolute Gasteiger partial charge is 0.339 e. The van der Waals surface area contributed by atoms with Crippen molar-refractivity contribution in [3.63, 3.8) is 0 Å². The van der Waals surface area contributed by atoms with Crippen LogP contribution in [0.2, 0.25) is 0 Å². The lowest BCUT2D eigenvalue weighted by atomic mass is 9.62. The van der Waals surface area contributed by atoms with Gasteiger partial charge in [-0.15, -0.1) is 0 Å². The van der Waals surface area contributed by atoms with Crippen molar-refractivity contribution in [3.05, 3.63) is 0 Å². The molecule has 1 heterocycles. The van der Waals surface area contributed by atoms with Crippen molar-refractivity contribution >= 4 is 5.91 Å². The molecule has 1 amide bonds. The van der Waals surface area contributed by atoms with Crippen LogP contribution >= 0.6 is 0 Å². The molecule has 4 aliphatic rings. The van der Waals surface area contributed by atoms with Gasteiger partial charge in [-0.25, -0.2) is 0 Å². The highest BCUT2D eigenvalue weighted by molar-refractivity contribution is 5.82. The number of carbonyl (C=O) groups is 1. The Hall–Kier alpha value is -0.530. The molecule has 0 aromatic heterocycles. The number of hydrogen-bond acceptors (Lipinski definition) is 1. The van der Waals surface area contributed by atoms with Gasteiger partial charge >= 0.3 is 0 Å². The summed E-state index contributed by atoms with van der Waals surface area (Å²) in [5.41, 5.74) is 0. The topological polar surface area (TPSA) is 20.3 Å². The minimum Gasteiger partial charge on any atom is -0.339 e. The van der Waals surface area contributed by atoms with Gasteiger partial charge < -0.3 is 4.90 Å². The molecule has 0 radical (unpaired) electrons. The Kier molecular flexibility index (Phi) is 4.01. The van der Waals surface area contributed by atoms with Crippen LogP contribution in [-0.2, 0) is 4.79 Å². The van der Waals surface area contributed by atoms with Crippen LogP contribution < -0.4 is 0 Å². The smallest absolute Gasteiger partial charge is 0.226 e. The first-order chi connectivity index (χ1) is 11.0. The zero-order valence-electron chi connectivity index (χ0n) is 15.5. The molecular weight excluding hydrogens is 282 g/mol. The standard InChI is InChI=1S/C21H35NO/c1-12(2)15-7-8-19-16(20(15)13(3)4)9-10-22(19)21(23)18-11-17(18)14-5-6-14/h12-20H,5-11H2,1-4H3/t15?,16?,17-,18+,19?,20?/m0/s1. The molecule has 2 nitrogen and oxygen atoms in total. The first kappa shape index (κ1) is 16.0. The number of hydrogen-bond donors (Lipinski definition) is 0. The van der Waals surface area contributed by atoms with E-state index >= 15 is 0 Å². The maximum Gasteiger partial charge on any atom is 0.226 e. The maximum atomic E-state index is 13.0. The second-order valence-corrected chi connectivity index (χ2v) is 9.70. The molecule has 0 aromatic carbocycles. The summed E-state index contributed by atoms with van der Waals surface area (Å²) >= 11 is 0. The minimum atomic E-state index is 0.418. The monoisotopic (exact) mass is 317 g/mol. The quantitative estimate of drug-likeness (QED) is 0.743. The molecule has 0 spiro atoms. The average molecular weight is 318 g/mol. The highest BCUT2D eigenvalue weighted by atomic mass is 16.2. The fourth-order valence-electron chi connectivity index (χ4n) is 6.37. The van der Waals surface area contributed by atoms with E-state index in [4.69, 9.17) is 0 Å². The van der Waals surface area contributed by atoms with Gasteiger partial charge in [0.2, 0.25) is 5.91 Å². The minimum absolute atomic E-state index is 0.418. The van der Waals surface area contributed by atoms with Crippen molar-refractivity contribution in [2.45, 2.75) is 72.3 Å². The van der Waals surface area contributed by atoms with Gasteiger partial charge in [-0.3, -0.25) is 4.79 Å². The van der Waals surface area contributed by atoms with E-state index in [1.165, 1.54) is 38.5 Å². The van der Waals surface area contributed by atoms with Gasteiger partial charge in [0.1, 0.15) is 0 Å². The third kappa shape index (κ3) is 2.74. The molecule has 23 heavy (non-hydrogen) atoms. The summed E-state index contributed by atoms with van der Waals surface area (Å²) in [6.07, 6.45) is 7.87. The first-order valence-electron chi connectivity index (χ1n) is 10.3. The van der Waals surface area contributed by atoms with Gasteiger partial charge in [-0.1, -0.05) is 27.7 Å². The first-order valence-corrected chi connectivity index (χ1v) is 10.3. The van der Waals surface area contributed by atoms with Crippen molar-refractivity contribution in [2.75, 3.05) is 6.54 Å². The fraction of sp³-hybridized carbons (Fsp3) is 0.952. The summed E-state index contributed by atoms with van der Waals surface area (Å²) in [7, 11) is 0. The molecule has 3 saturated carbocycles. The summed E-state index contributed by atoms with van der Waals surface area (Å²) in [6.45, 7) is 10.7. The van der Waals surface area contributed by atoms with Crippen LogP contribution in [0.5, 0.6) is 0 Å². The summed E-state index contributed by atoms with van der Waals surface area (Å²) in [5.74, 6) is 6.66. The van der Waals surface area contributed by atoms with E-state index in [0.29, 0.717) is 17.9 Å². The predicted molar refractivity (Wildman–Crippen MR) is 93.8 cm³/mol. The highest BCUT2D eigenvalue weighted by Crippen LogP contribution is 2.56. The number of amides is 1. The second-order valence-electron chi connectivity index (χ2n) is 9.70. The molecule has 6 atom stereocenters. The molecule has 1 saturated heterocycles. The zero-order chi connectivity index (χ0) is 16.3. The summed E-state index contributed by atoms with van der Waals surface area (Å²) < 4.78 is 0. The van der Waals surface area contributed by atoms with Crippen molar-refractivity contribution in [3.8, 4) is 0 Å². The molecule has 4 unspecified atom stereocenters. The number of carbonyl (C=O) groups excluding carboxylic acids is 1. The SMILES string of the molecule is CC(C)C1CCC2C(CCN2C(=O)[C@@H]2C[C@H]2C2CC2)C1C(C)C. The Labute approximate surface area is 142 Å². The molecule has 0 aromatic rings. The number of rotatable bonds is 4. The van der Waals surface area contributed by atoms with Gasteiger partial charge in [-0.05, 0) is 80.0 Å². The average Bonchev–Trinajstić information content (AvgIpc) is 3.39. The lowest BCUT2D eigenvalue weighted by molar-refractivity contribution is -0.135. The van der Waals surface area contributed by atoms with Crippen LogP contribution in [-0.4, -0.2) is 23.4 Å². The van der Waals surface area contributed by atoms with Gasteiger partial charge in [0.25, 0.3) is 0 Å². The van der Waals surface area contributed by atoms with Gasteiger partial charge in [0, 0.05) is 18.5 Å². The normalized spacial score (nSPS) is 43.1. The highest BCUT2D eigenvalue weighted by Gasteiger charge is 2.55. The maximum absolute atomic E-state index is 13.0. The third-order valence-corrected chi connectivity index (χ3v) is 7.68. The third-order valence-electron chi connectivity index (χ3n) is 7.68. The van der Waals surface area contributed by atoms with Crippen molar-refractivity contribution in [1.82, 2.24) is 4.90 Å². The van der Waals surface area contributed by atoms with E-state index in [1.54, 1.807) is 0 Å². The zero-order valence-corrected chi connectivity index (χ0v) is 15.5. The summed E-state index contributed by atoms with van der Waals surface area (Å²) in [5, 5.41) is 0. The van der Waals surface area contributed by atoms with Crippen molar-refractivity contribution in [2.24, 2.45) is 47.3 Å². The fourth-order valence-corrected chi connectivity index (χ4v) is 6.37. The van der Waals surface area contributed by atoms with Gasteiger partial charge in [0.15, 0.2) is 0 Å². The van der Waals surface area contributed by atoms with Crippen LogP contribution in [0.4, 0.5) is 0 Å². The molecule has 1 aliphatic heterocycles. The van der Waals surface area contributed by atoms with Crippen LogP contribution in [0.25, 0.3) is 0 Å². The van der Waals surface area contributed by atoms with E-state index in [9.17, 15) is 4.79 Å². The lowest BCUT2D eigenvalue weighted by Crippen LogP contribution is -2.47. The Balaban J connectivity index is 1.46. The van der Waals surface area contributed by atoms with Crippen molar-refractivity contribution < 1.29 is 4.79 Å². The van der Waals surface area contributed by atoms with Crippen LogP contribution in [0.15, 0.2) is 0 Å². The van der Waals surface area contributed by atoms with E-state index in [1.807, 2.05) is 0 Å². The van der Waals surface area contributed by atoms with E-state index in [-0.39, 0.29) is 0 Å². The lowest BCUT2D eigenvalue weighted by Gasteiger charge is -2.46. The Morgan fingerprint density at radius 2 is 1.65 bits per heavy atom. The molecular formula is C21H35NO. The predicted octanol–water partition coefficient (Wildman–Crippen LogP) is 4.59. The van der Waals surface area contributed by atoms with Gasteiger partial charge in [0.05, 0.1) is 0 Å². The Bertz CT molecular complexity index is 466. The van der Waals surface area contributed by atoms with E-state index < -0.39 is 0 Å². The molecule has 4 fully saturated rings. The number of nitrogens with zero attached hydrogens (tertiary/aromatic N) is 1. The molecule has 2 heteroatoms. The van der Waals surface area contributed by atoms with Crippen LogP contribution in [0.3, 0.4) is 0 Å². The summed E-state index contributed by atoms with van der Waals surface area (Å²) in [6, 6.07) is 0.574. The van der Waals surface area contributed by atoms with Crippen molar-refractivity contribution in [1.29, 1.82) is 0 Å². The van der Waals surface area contributed by atoms with E-state index in [0.717, 1.165) is 48.0 Å². The Morgan fingerprint density at radius 3 is 2.26 bits per heavy atom. The second kappa shape index (κ2) is 5.77. The molecule has 130 valence electrons. The number of fused-ring (bicyclic) bond motifs is 1. The molecule has 0 N–H and O–H groups in total. The Morgan fingerprint density at radius 1 is 0.913 bits per heavy atom. The van der Waals surface area contributed by atoms with Gasteiger partial charge in [-0.2, -0.15) is 0 Å².